The number of aliphatic carboxylic acids is 1. The van der Waals surface area contributed by atoms with Crippen LogP contribution in [0.3, 0.4) is 0 Å². The van der Waals surface area contributed by atoms with Gasteiger partial charge in [0.05, 0.1) is 6.42 Å². The lowest BCUT2D eigenvalue weighted by Gasteiger charge is -2.22. The molecule has 20 heavy (non-hydrogen) atoms. The van der Waals surface area contributed by atoms with Crippen molar-refractivity contribution in [3.8, 4) is 0 Å². The van der Waals surface area contributed by atoms with Crippen LogP contribution in [-0.4, -0.2) is 29.3 Å². The first-order valence-corrected chi connectivity index (χ1v) is 6.59. The van der Waals surface area contributed by atoms with Crippen molar-refractivity contribution in [2.45, 2.75) is 33.1 Å². The molecule has 1 rings (SSSR count). The SMILES string of the molecule is CCCC(=O)N(CCC(=O)O)c1ccc(C(C)=O)cc1. The Balaban J connectivity index is 2.93. The fourth-order valence-electron chi connectivity index (χ4n) is 1.83. The van der Waals surface area contributed by atoms with E-state index in [2.05, 4.69) is 0 Å². The van der Waals surface area contributed by atoms with Crippen molar-refractivity contribution in [2.75, 3.05) is 11.4 Å². The second-order valence-corrected chi connectivity index (χ2v) is 4.54. The average molecular weight is 277 g/mol. The van der Waals surface area contributed by atoms with Crippen LogP contribution in [0.15, 0.2) is 24.3 Å². The van der Waals surface area contributed by atoms with Gasteiger partial charge >= 0.3 is 5.97 Å². The minimum atomic E-state index is -0.945. The quantitative estimate of drug-likeness (QED) is 0.777. The van der Waals surface area contributed by atoms with Crippen molar-refractivity contribution in [2.24, 2.45) is 0 Å². The van der Waals surface area contributed by atoms with Crippen LogP contribution < -0.4 is 4.90 Å². The van der Waals surface area contributed by atoms with Gasteiger partial charge in [0.1, 0.15) is 0 Å². The van der Waals surface area contributed by atoms with Gasteiger partial charge in [0.25, 0.3) is 0 Å². The van der Waals surface area contributed by atoms with E-state index in [0.717, 1.165) is 0 Å². The van der Waals surface area contributed by atoms with Gasteiger partial charge in [0, 0.05) is 24.2 Å². The van der Waals surface area contributed by atoms with Crippen LogP contribution >= 0.6 is 0 Å². The Kier molecular flexibility index (Phi) is 5.90. The molecule has 0 unspecified atom stereocenters. The number of benzene rings is 1. The van der Waals surface area contributed by atoms with Gasteiger partial charge < -0.3 is 10.0 Å². The van der Waals surface area contributed by atoms with Gasteiger partial charge in [-0.15, -0.1) is 0 Å². The fraction of sp³-hybridized carbons (Fsp3) is 0.400. The molecule has 1 aromatic rings. The summed E-state index contributed by atoms with van der Waals surface area (Å²) in [5.41, 5.74) is 1.18. The zero-order valence-electron chi connectivity index (χ0n) is 11.8. The molecule has 108 valence electrons. The Bertz CT molecular complexity index is 493. The van der Waals surface area contributed by atoms with Crippen LogP contribution in [0.2, 0.25) is 0 Å². The number of carbonyl (C=O) groups is 3. The molecule has 0 bridgehead atoms. The predicted molar refractivity (Wildman–Crippen MR) is 76.0 cm³/mol. The van der Waals surface area contributed by atoms with Crippen molar-refractivity contribution in [3.05, 3.63) is 29.8 Å². The molecule has 0 saturated heterocycles. The third kappa shape index (κ3) is 4.50. The molecule has 0 saturated carbocycles. The highest BCUT2D eigenvalue weighted by Gasteiger charge is 2.16. The van der Waals surface area contributed by atoms with Gasteiger partial charge in [0.2, 0.25) is 5.91 Å². The average Bonchev–Trinajstić information content (AvgIpc) is 2.39. The molecule has 1 amide bonds. The molecule has 0 aromatic heterocycles. The molecular formula is C15H19NO4. The van der Waals surface area contributed by atoms with Gasteiger partial charge in [0.15, 0.2) is 5.78 Å². The minimum Gasteiger partial charge on any atom is -0.481 e. The lowest BCUT2D eigenvalue weighted by molar-refractivity contribution is -0.136. The van der Waals surface area contributed by atoms with Crippen molar-refractivity contribution in [3.63, 3.8) is 0 Å². The summed E-state index contributed by atoms with van der Waals surface area (Å²) in [5, 5.41) is 8.76. The maximum absolute atomic E-state index is 12.0. The summed E-state index contributed by atoms with van der Waals surface area (Å²) in [5.74, 6) is -1.10. The molecule has 5 heteroatoms. The van der Waals surface area contributed by atoms with Crippen molar-refractivity contribution in [1.82, 2.24) is 0 Å². The summed E-state index contributed by atoms with van der Waals surface area (Å²) in [6, 6.07) is 6.63. The van der Waals surface area contributed by atoms with Crippen molar-refractivity contribution < 1.29 is 19.5 Å². The first-order chi connectivity index (χ1) is 9.45. The van der Waals surface area contributed by atoms with Crippen LogP contribution in [0.4, 0.5) is 5.69 Å². The fourth-order valence-corrected chi connectivity index (χ4v) is 1.83. The van der Waals surface area contributed by atoms with Crippen LogP contribution in [0.25, 0.3) is 0 Å². The van der Waals surface area contributed by atoms with E-state index >= 15 is 0 Å². The van der Waals surface area contributed by atoms with Gasteiger partial charge in [-0.1, -0.05) is 6.92 Å². The zero-order chi connectivity index (χ0) is 15.1. The molecule has 0 atom stereocenters. The lowest BCUT2D eigenvalue weighted by atomic mass is 10.1. The maximum Gasteiger partial charge on any atom is 0.305 e. The number of hydrogen-bond donors (Lipinski definition) is 1. The van der Waals surface area contributed by atoms with Crippen LogP contribution in [-0.2, 0) is 9.59 Å². The van der Waals surface area contributed by atoms with Crippen LogP contribution in [0.1, 0.15) is 43.5 Å². The number of carboxylic acids is 1. The van der Waals surface area contributed by atoms with Gasteiger partial charge in [-0.3, -0.25) is 14.4 Å². The zero-order valence-corrected chi connectivity index (χ0v) is 11.8. The smallest absolute Gasteiger partial charge is 0.305 e. The molecule has 0 spiro atoms. The number of ketones is 1. The second kappa shape index (κ2) is 7.43. The van der Waals surface area contributed by atoms with Crippen molar-refractivity contribution >= 4 is 23.3 Å². The van der Waals surface area contributed by atoms with E-state index in [1.54, 1.807) is 24.3 Å². The summed E-state index contributed by atoms with van der Waals surface area (Å²) >= 11 is 0. The summed E-state index contributed by atoms with van der Waals surface area (Å²) in [6.07, 6.45) is 0.964. The minimum absolute atomic E-state index is 0.0477. The molecular weight excluding hydrogens is 258 g/mol. The van der Waals surface area contributed by atoms with E-state index in [1.165, 1.54) is 11.8 Å². The molecule has 0 radical (unpaired) electrons. The van der Waals surface area contributed by atoms with E-state index in [0.29, 0.717) is 24.1 Å². The normalized spacial score (nSPS) is 10.1. The highest BCUT2D eigenvalue weighted by atomic mass is 16.4. The molecule has 0 heterocycles. The van der Waals surface area contributed by atoms with Gasteiger partial charge in [-0.2, -0.15) is 0 Å². The number of carbonyl (C=O) groups excluding carboxylic acids is 2. The Morgan fingerprint density at radius 3 is 2.15 bits per heavy atom. The number of nitrogens with zero attached hydrogens (tertiary/aromatic N) is 1. The highest BCUT2D eigenvalue weighted by molar-refractivity contribution is 5.96. The second-order valence-electron chi connectivity index (χ2n) is 4.54. The first kappa shape index (κ1) is 15.9. The molecule has 1 aromatic carbocycles. The number of rotatable bonds is 7. The Hall–Kier alpha value is -2.17. The van der Waals surface area contributed by atoms with E-state index in [-0.39, 0.29) is 24.7 Å². The molecule has 0 aliphatic heterocycles. The number of carboxylic acid groups (broad SMARTS) is 1. The Morgan fingerprint density at radius 2 is 1.70 bits per heavy atom. The van der Waals surface area contributed by atoms with E-state index in [4.69, 9.17) is 5.11 Å². The van der Waals surface area contributed by atoms with E-state index < -0.39 is 5.97 Å². The predicted octanol–water partition coefficient (Wildman–Crippen LogP) is 2.50. The molecule has 0 fully saturated rings. The standard InChI is InChI=1S/C15H19NO4/c1-3-4-14(18)16(10-9-15(19)20)13-7-5-12(6-8-13)11(2)17/h5-8H,3-4,9-10H2,1-2H3,(H,19,20). The number of anilines is 1. The summed E-state index contributed by atoms with van der Waals surface area (Å²) in [4.78, 5) is 35.4. The highest BCUT2D eigenvalue weighted by Crippen LogP contribution is 2.17. The molecule has 5 nitrogen and oxygen atoms in total. The topological polar surface area (TPSA) is 74.7 Å². The summed E-state index contributed by atoms with van der Waals surface area (Å²) in [6.45, 7) is 3.50. The van der Waals surface area contributed by atoms with Crippen LogP contribution in [0, 0.1) is 0 Å². The number of amides is 1. The first-order valence-electron chi connectivity index (χ1n) is 6.59. The lowest BCUT2D eigenvalue weighted by Crippen LogP contribution is -2.32. The Morgan fingerprint density at radius 1 is 1.10 bits per heavy atom. The monoisotopic (exact) mass is 277 g/mol. The Labute approximate surface area is 118 Å². The third-order valence-corrected chi connectivity index (χ3v) is 2.90. The third-order valence-electron chi connectivity index (χ3n) is 2.90. The maximum atomic E-state index is 12.0. The molecule has 0 aliphatic carbocycles. The summed E-state index contributed by atoms with van der Waals surface area (Å²) < 4.78 is 0. The summed E-state index contributed by atoms with van der Waals surface area (Å²) in [7, 11) is 0. The van der Waals surface area contributed by atoms with Gasteiger partial charge in [-0.25, -0.2) is 0 Å². The molecule has 1 N–H and O–H groups in total. The van der Waals surface area contributed by atoms with E-state index in [9.17, 15) is 14.4 Å². The van der Waals surface area contributed by atoms with Gasteiger partial charge in [-0.05, 0) is 37.6 Å². The van der Waals surface area contributed by atoms with E-state index in [1.807, 2.05) is 6.92 Å². The van der Waals surface area contributed by atoms with Crippen molar-refractivity contribution in [1.29, 1.82) is 0 Å². The van der Waals surface area contributed by atoms with Crippen LogP contribution in [0.5, 0.6) is 0 Å². The number of hydrogen-bond acceptors (Lipinski definition) is 3. The molecule has 0 aliphatic rings. The largest absolute Gasteiger partial charge is 0.481 e. The number of Topliss-reactive ketones (excluding diaryl/α,β-unsaturated/α-hetero) is 1.